The maximum absolute atomic E-state index is 6.06. The van der Waals surface area contributed by atoms with Crippen molar-refractivity contribution in [3.63, 3.8) is 0 Å². The number of aromatic nitrogens is 2. The molecule has 1 aromatic carbocycles. The van der Waals surface area contributed by atoms with E-state index in [9.17, 15) is 0 Å². The van der Waals surface area contributed by atoms with Crippen molar-refractivity contribution in [1.82, 2.24) is 9.97 Å². The van der Waals surface area contributed by atoms with Gasteiger partial charge in [-0.3, -0.25) is 0 Å². The Morgan fingerprint density at radius 2 is 1.81 bits per heavy atom. The Labute approximate surface area is 103 Å². The molecule has 0 bridgehead atoms. The van der Waals surface area contributed by atoms with Crippen molar-refractivity contribution >= 4 is 23.2 Å². The molecule has 2 N–H and O–H groups in total. The van der Waals surface area contributed by atoms with Gasteiger partial charge in [-0.2, -0.15) is 0 Å². The summed E-state index contributed by atoms with van der Waals surface area (Å²) in [4.78, 5) is 8.42. The van der Waals surface area contributed by atoms with Crippen molar-refractivity contribution < 1.29 is 0 Å². The first-order valence-corrected chi connectivity index (χ1v) is 5.44. The van der Waals surface area contributed by atoms with Crippen LogP contribution in [0.3, 0.4) is 0 Å². The molecule has 0 aliphatic carbocycles. The molecular formula is C11H9Cl2N3. The van der Waals surface area contributed by atoms with E-state index in [-0.39, 0.29) is 0 Å². The number of rotatable bonds is 2. The number of benzene rings is 1. The molecule has 2 rings (SSSR count). The number of nitrogens with two attached hydrogens (primary N) is 1. The minimum absolute atomic E-state index is 0.359. The highest BCUT2D eigenvalue weighted by Gasteiger charge is 2.10. The fraction of sp³-hybridized carbons (Fsp3) is 0.0909. The zero-order valence-electron chi connectivity index (χ0n) is 8.32. The van der Waals surface area contributed by atoms with Gasteiger partial charge in [-0.15, -0.1) is 0 Å². The van der Waals surface area contributed by atoms with E-state index in [1.54, 1.807) is 30.5 Å². The van der Waals surface area contributed by atoms with Crippen molar-refractivity contribution in [2.75, 3.05) is 0 Å². The van der Waals surface area contributed by atoms with Crippen LogP contribution in [-0.2, 0) is 6.54 Å². The average Bonchev–Trinajstić information content (AvgIpc) is 2.29. The normalized spacial score (nSPS) is 10.4. The highest BCUT2D eigenvalue weighted by atomic mass is 35.5. The lowest BCUT2D eigenvalue weighted by Crippen LogP contribution is -2.01. The Morgan fingerprint density at radius 3 is 2.44 bits per heavy atom. The monoisotopic (exact) mass is 253 g/mol. The summed E-state index contributed by atoms with van der Waals surface area (Å²) < 4.78 is 0. The van der Waals surface area contributed by atoms with E-state index >= 15 is 0 Å². The van der Waals surface area contributed by atoms with Gasteiger partial charge in [0.25, 0.3) is 0 Å². The van der Waals surface area contributed by atoms with Crippen molar-refractivity contribution in [3.8, 4) is 11.4 Å². The number of hydrogen-bond acceptors (Lipinski definition) is 3. The van der Waals surface area contributed by atoms with Crippen LogP contribution in [0.4, 0.5) is 0 Å². The molecule has 0 saturated heterocycles. The molecule has 0 atom stereocenters. The van der Waals surface area contributed by atoms with Crippen LogP contribution in [-0.4, -0.2) is 9.97 Å². The number of halogens is 2. The quantitative estimate of drug-likeness (QED) is 0.896. The molecule has 1 heterocycles. The molecule has 82 valence electrons. The van der Waals surface area contributed by atoms with E-state index in [2.05, 4.69) is 9.97 Å². The van der Waals surface area contributed by atoms with Gasteiger partial charge in [0.1, 0.15) is 0 Å². The number of nitrogens with zero attached hydrogens (tertiary/aromatic N) is 2. The molecule has 3 nitrogen and oxygen atoms in total. The van der Waals surface area contributed by atoms with Gasteiger partial charge < -0.3 is 5.73 Å². The maximum Gasteiger partial charge on any atom is 0.162 e. The first kappa shape index (κ1) is 11.3. The Kier molecular flexibility index (Phi) is 3.39. The fourth-order valence-corrected chi connectivity index (χ4v) is 1.91. The van der Waals surface area contributed by atoms with Crippen molar-refractivity contribution in [1.29, 1.82) is 0 Å². The van der Waals surface area contributed by atoms with Crippen LogP contribution < -0.4 is 5.73 Å². The summed E-state index contributed by atoms with van der Waals surface area (Å²) in [7, 11) is 0. The summed E-state index contributed by atoms with van der Waals surface area (Å²) in [6, 6.07) is 7.04. The third kappa shape index (κ3) is 2.16. The van der Waals surface area contributed by atoms with Gasteiger partial charge in [0.15, 0.2) is 5.82 Å². The predicted molar refractivity (Wildman–Crippen MR) is 65.4 cm³/mol. The Hall–Kier alpha value is -1.16. The SMILES string of the molecule is NCc1ccnc(-c2c(Cl)cccc2Cl)n1. The summed E-state index contributed by atoms with van der Waals surface area (Å²) in [5.74, 6) is 0.499. The largest absolute Gasteiger partial charge is 0.325 e. The minimum atomic E-state index is 0.359. The van der Waals surface area contributed by atoms with Crippen LogP contribution in [0.25, 0.3) is 11.4 Å². The third-order valence-corrected chi connectivity index (χ3v) is 2.74. The Morgan fingerprint density at radius 1 is 1.12 bits per heavy atom. The summed E-state index contributed by atoms with van der Waals surface area (Å²) in [6.07, 6.45) is 1.64. The Bertz CT molecular complexity index is 494. The minimum Gasteiger partial charge on any atom is -0.325 e. The van der Waals surface area contributed by atoms with Crippen LogP contribution in [0.1, 0.15) is 5.69 Å². The van der Waals surface area contributed by atoms with E-state index in [1.807, 2.05) is 0 Å². The van der Waals surface area contributed by atoms with E-state index < -0.39 is 0 Å². The molecule has 0 saturated carbocycles. The zero-order valence-corrected chi connectivity index (χ0v) is 9.83. The molecule has 0 radical (unpaired) electrons. The summed E-state index contributed by atoms with van der Waals surface area (Å²) in [6.45, 7) is 0.359. The smallest absolute Gasteiger partial charge is 0.162 e. The van der Waals surface area contributed by atoms with E-state index in [0.717, 1.165) is 5.69 Å². The Balaban J connectivity index is 2.58. The summed E-state index contributed by atoms with van der Waals surface area (Å²) in [5, 5.41) is 1.06. The number of hydrogen-bond donors (Lipinski definition) is 1. The van der Waals surface area contributed by atoms with E-state index in [1.165, 1.54) is 0 Å². The van der Waals surface area contributed by atoms with Gasteiger partial charge in [0.2, 0.25) is 0 Å². The molecule has 0 unspecified atom stereocenters. The predicted octanol–water partition coefficient (Wildman–Crippen LogP) is 2.91. The van der Waals surface area contributed by atoms with Crippen LogP contribution in [0.15, 0.2) is 30.5 Å². The van der Waals surface area contributed by atoms with Crippen molar-refractivity contribution in [3.05, 3.63) is 46.2 Å². The van der Waals surface area contributed by atoms with Crippen LogP contribution in [0.2, 0.25) is 10.0 Å². The lowest BCUT2D eigenvalue weighted by atomic mass is 10.2. The van der Waals surface area contributed by atoms with Crippen molar-refractivity contribution in [2.45, 2.75) is 6.54 Å². The zero-order chi connectivity index (χ0) is 11.5. The molecule has 1 aromatic heterocycles. The summed E-state index contributed by atoms with van der Waals surface area (Å²) >= 11 is 12.1. The lowest BCUT2D eigenvalue weighted by Gasteiger charge is -2.06. The van der Waals surface area contributed by atoms with Gasteiger partial charge in [0.05, 0.1) is 21.3 Å². The molecule has 2 aromatic rings. The van der Waals surface area contributed by atoms with Crippen LogP contribution in [0, 0.1) is 0 Å². The fourth-order valence-electron chi connectivity index (χ4n) is 1.34. The highest BCUT2D eigenvalue weighted by Crippen LogP contribution is 2.32. The van der Waals surface area contributed by atoms with Gasteiger partial charge in [-0.1, -0.05) is 29.3 Å². The molecular weight excluding hydrogens is 245 g/mol. The molecule has 0 amide bonds. The maximum atomic E-state index is 6.06. The van der Waals surface area contributed by atoms with Gasteiger partial charge in [-0.05, 0) is 18.2 Å². The first-order chi connectivity index (χ1) is 7.72. The molecule has 16 heavy (non-hydrogen) atoms. The van der Waals surface area contributed by atoms with Crippen LogP contribution >= 0.6 is 23.2 Å². The third-order valence-electron chi connectivity index (χ3n) is 2.11. The molecule has 5 heteroatoms. The molecule has 0 aliphatic heterocycles. The van der Waals surface area contributed by atoms with Crippen LogP contribution in [0.5, 0.6) is 0 Å². The first-order valence-electron chi connectivity index (χ1n) is 4.68. The topological polar surface area (TPSA) is 51.8 Å². The van der Waals surface area contributed by atoms with E-state index in [0.29, 0.717) is 28.0 Å². The average molecular weight is 254 g/mol. The van der Waals surface area contributed by atoms with Gasteiger partial charge in [-0.25, -0.2) is 9.97 Å². The lowest BCUT2D eigenvalue weighted by molar-refractivity contribution is 0.969. The van der Waals surface area contributed by atoms with Gasteiger partial charge >= 0.3 is 0 Å². The van der Waals surface area contributed by atoms with Crippen molar-refractivity contribution in [2.24, 2.45) is 5.73 Å². The standard InChI is InChI=1S/C11H9Cl2N3/c12-8-2-1-3-9(13)10(8)11-15-5-4-7(6-14)16-11/h1-5H,6,14H2. The molecule has 0 aliphatic rings. The van der Waals surface area contributed by atoms with Gasteiger partial charge in [0, 0.05) is 12.7 Å². The second-order valence-corrected chi connectivity index (χ2v) is 3.99. The van der Waals surface area contributed by atoms with E-state index in [4.69, 9.17) is 28.9 Å². The summed E-state index contributed by atoms with van der Waals surface area (Å²) in [5.41, 5.74) is 6.91. The second-order valence-electron chi connectivity index (χ2n) is 3.17. The second kappa shape index (κ2) is 4.78. The molecule has 0 spiro atoms. The highest BCUT2D eigenvalue weighted by molar-refractivity contribution is 6.38. The molecule has 0 fully saturated rings.